The Morgan fingerprint density at radius 1 is 1.38 bits per heavy atom. The second-order valence-electron chi connectivity index (χ2n) is 3.61. The van der Waals surface area contributed by atoms with E-state index >= 15 is 0 Å². The minimum atomic E-state index is 0.294. The zero-order chi connectivity index (χ0) is 11.8. The van der Waals surface area contributed by atoms with Crippen LogP contribution in [0, 0.1) is 11.3 Å². The summed E-state index contributed by atoms with van der Waals surface area (Å²) in [6, 6.07) is 7.60. The van der Waals surface area contributed by atoms with Crippen molar-refractivity contribution in [1.82, 2.24) is 0 Å². The number of nitrogens with zero attached hydrogens (tertiary/aromatic N) is 1. The van der Waals surface area contributed by atoms with Gasteiger partial charge in [0.05, 0.1) is 19.1 Å². The molecular formula is C13H16ClNO. The van der Waals surface area contributed by atoms with Gasteiger partial charge in [-0.1, -0.05) is 37.4 Å². The molecule has 2 nitrogen and oxygen atoms in total. The number of ether oxygens (including phenoxy) is 1. The van der Waals surface area contributed by atoms with Crippen LogP contribution in [0.2, 0.25) is 5.02 Å². The minimum Gasteiger partial charge on any atom is -0.493 e. The fraction of sp³-hybridized carbons (Fsp3) is 0.462. The lowest BCUT2D eigenvalue weighted by molar-refractivity contribution is 0.304. The summed E-state index contributed by atoms with van der Waals surface area (Å²) in [4.78, 5) is 0. The van der Waals surface area contributed by atoms with E-state index in [-0.39, 0.29) is 0 Å². The molecular weight excluding hydrogens is 222 g/mol. The third kappa shape index (κ3) is 3.75. The summed E-state index contributed by atoms with van der Waals surface area (Å²) in [5.41, 5.74) is 0.795. The quantitative estimate of drug-likeness (QED) is 0.702. The van der Waals surface area contributed by atoms with Crippen molar-refractivity contribution in [2.45, 2.75) is 32.6 Å². The molecule has 0 atom stereocenters. The highest BCUT2D eigenvalue weighted by atomic mass is 35.5. The first-order valence-corrected chi connectivity index (χ1v) is 5.94. The van der Waals surface area contributed by atoms with Gasteiger partial charge in [0.15, 0.2) is 0 Å². The molecule has 0 unspecified atom stereocenters. The zero-order valence-corrected chi connectivity index (χ0v) is 10.3. The highest BCUT2D eigenvalue weighted by Crippen LogP contribution is 2.26. The number of rotatable bonds is 6. The molecule has 3 heteroatoms. The average molecular weight is 238 g/mol. The molecule has 0 radical (unpaired) electrons. The van der Waals surface area contributed by atoms with Gasteiger partial charge >= 0.3 is 0 Å². The molecule has 16 heavy (non-hydrogen) atoms. The lowest BCUT2D eigenvalue weighted by Crippen LogP contribution is -2.00. The summed E-state index contributed by atoms with van der Waals surface area (Å²) in [6.07, 6.45) is 3.66. The number of unbranched alkanes of at least 4 members (excludes halogenated alkanes) is 2. The van der Waals surface area contributed by atoms with E-state index < -0.39 is 0 Å². The van der Waals surface area contributed by atoms with E-state index in [9.17, 15) is 0 Å². The largest absolute Gasteiger partial charge is 0.493 e. The van der Waals surface area contributed by atoms with Gasteiger partial charge in [-0.15, -0.1) is 0 Å². The van der Waals surface area contributed by atoms with Gasteiger partial charge in [0, 0.05) is 10.6 Å². The second kappa shape index (κ2) is 7.14. The fourth-order valence-corrected chi connectivity index (χ4v) is 1.69. The van der Waals surface area contributed by atoms with Gasteiger partial charge in [0.1, 0.15) is 5.75 Å². The summed E-state index contributed by atoms with van der Waals surface area (Å²) in [5, 5.41) is 9.32. The van der Waals surface area contributed by atoms with Crippen LogP contribution >= 0.6 is 11.6 Å². The Labute approximate surface area is 102 Å². The van der Waals surface area contributed by atoms with Crippen molar-refractivity contribution in [1.29, 1.82) is 5.26 Å². The van der Waals surface area contributed by atoms with E-state index in [0.717, 1.165) is 24.2 Å². The van der Waals surface area contributed by atoms with Crippen LogP contribution in [-0.4, -0.2) is 6.61 Å². The Morgan fingerprint density at radius 2 is 2.19 bits per heavy atom. The maximum Gasteiger partial charge on any atom is 0.125 e. The Bertz CT molecular complexity index is 371. The summed E-state index contributed by atoms with van der Waals surface area (Å²) in [7, 11) is 0. The molecule has 0 amide bonds. The molecule has 86 valence electrons. The maximum absolute atomic E-state index is 8.71. The Kier molecular flexibility index (Phi) is 5.74. The molecule has 0 N–H and O–H groups in total. The van der Waals surface area contributed by atoms with Gasteiger partial charge in [0.2, 0.25) is 0 Å². The van der Waals surface area contributed by atoms with Crippen molar-refractivity contribution in [3.05, 3.63) is 28.8 Å². The summed E-state index contributed by atoms with van der Waals surface area (Å²) < 4.78 is 5.64. The monoisotopic (exact) mass is 237 g/mol. The molecule has 1 rings (SSSR count). The normalized spacial score (nSPS) is 9.81. The number of nitriles is 1. The SMILES string of the molecule is CCCCCOc1cccc(Cl)c1CC#N. The van der Waals surface area contributed by atoms with Gasteiger partial charge in [-0.05, 0) is 18.6 Å². The first kappa shape index (κ1) is 12.9. The second-order valence-corrected chi connectivity index (χ2v) is 4.01. The van der Waals surface area contributed by atoms with Crippen LogP contribution in [0.1, 0.15) is 31.7 Å². The van der Waals surface area contributed by atoms with Crippen LogP contribution in [0.25, 0.3) is 0 Å². The van der Waals surface area contributed by atoms with E-state index in [1.807, 2.05) is 12.1 Å². The van der Waals surface area contributed by atoms with Crippen LogP contribution in [0.5, 0.6) is 5.75 Å². The van der Waals surface area contributed by atoms with Gasteiger partial charge in [-0.2, -0.15) is 5.26 Å². The maximum atomic E-state index is 8.71. The molecule has 0 bridgehead atoms. The third-order valence-corrected chi connectivity index (χ3v) is 2.69. The molecule has 0 fully saturated rings. The van der Waals surface area contributed by atoms with Crippen molar-refractivity contribution < 1.29 is 4.74 Å². The Balaban J connectivity index is 2.64. The molecule has 0 aliphatic heterocycles. The van der Waals surface area contributed by atoms with E-state index in [1.54, 1.807) is 6.07 Å². The standard InChI is InChI=1S/C13H16ClNO/c1-2-3-4-10-16-13-7-5-6-12(14)11(13)8-9-15/h5-7H,2-4,8,10H2,1H3. The summed E-state index contributed by atoms with van der Waals surface area (Å²) in [5.74, 6) is 0.741. The van der Waals surface area contributed by atoms with Gasteiger partial charge in [-0.3, -0.25) is 0 Å². The third-order valence-electron chi connectivity index (χ3n) is 2.34. The molecule has 1 aromatic carbocycles. The minimum absolute atomic E-state index is 0.294. The van der Waals surface area contributed by atoms with Crippen LogP contribution in [0.15, 0.2) is 18.2 Å². The van der Waals surface area contributed by atoms with Gasteiger partial charge < -0.3 is 4.74 Å². The first-order valence-electron chi connectivity index (χ1n) is 5.56. The van der Waals surface area contributed by atoms with Crippen molar-refractivity contribution in [3.8, 4) is 11.8 Å². The number of hydrogen-bond acceptors (Lipinski definition) is 2. The number of benzene rings is 1. The van der Waals surface area contributed by atoms with Crippen LogP contribution in [-0.2, 0) is 6.42 Å². The van der Waals surface area contributed by atoms with Crippen LogP contribution in [0.3, 0.4) is 0 Å². The predicted octanol–water partition coefficient (Wildman–Crippen LogP) is 3.98. The van der Waals surface area contributed by atoms with Crippen molar-refractivity contribution in [2.75, 3.05) is 6.61 Å². The highest BCUT2D eigenvalue weighted by molar-refractivity contribution is 6.31. The molecule has 0 saturated heterocycles. The average Bonchev–Trinajstić information content (AvgIpc) is 2.29. The molecule has 0 heterocycles. The lowest BCUT2D eigenvalue weighted by atomic mass is 10.1. The Morgan fingerprint density at radius 3 is 2.88 bits per heavy atom. The van der Waals surface area contributed by atoms with E-state index in [4.69, 9.17) is 21.6 Å². The molecule has 0 aromatic heterocycles. The van der Waals surface area contributed by atoms with Crippen LogP contribution in [0.4, 0.5) is 0 Å². The fourth-order valence-electron chi connectivity index (χ4n) is 1.46. The summed E-state index contributed by atoms with van der Waals surface area (Å²) in [6.45, 7) is 2.84. The zero-order valence-electron chi connectivity index (χ0n) is 9.50. The molecule has 0 saturated carbocycles. The molecule has 0 aliphatic rings. The predicted molar refractivity (Wildman–Crippen MR) is 65.8 cm³/mol. The smallest absolute Gasteiger partial charge is 0.125 e. The van der Waals surface area contributed by atoms with E-state index in [2.05, 4.69) is 13.0 Å². The van der Waals surface area contributed by atoms with Crippen molar-refractivity contribution >= 4 is 11.6 Å². The van der Waals surface area contributed by atoms with Gasteiger partial charge in [0.25, 0.3) is 0 Å². The van der Waals surface area contributed by atoms with Gasteiger partial charge in [-0.25, -0.2) is 0 Å². The first-order chi connectivity index (χ1) is 7.79. The molecule has 0 spiro atoms. The summed E-state index contributed by atoms with van der Waals surface area (Å²) >= 11 is 6.02. The highest BCUT2D eigenvalue weighted by Gasteiger charge is 2.07. The molecule has 1 aromatic rings. The van der Waals surface area contributed by atoms with E-state index in [0.29, 0.717) is 18.1 Å². The number of hydrogen-bond donors (Lipinski definition) is 0. The van der Waals surface area contributed by atoms with E-state index in [1.165, 1.54) is 6.42 Å². The Hall–Kier alpha value is -1.20. The van der Waals surface area contributed by atoms with Crippen molar-refractivity contribution in [2.24, 2.45) is 0 Å². The topological polar surface area (TPSA) is 33.0 Å². The lowest BCUT2D eigenvalue weighted by Gasteiger charge is -2.10. The van der Waals surface area contributed by atoms with Crippen LogP contribution < -0.4 is 4.74 Å². The van der Waals surface area contributed by atoms with Crippen molar-refractivity contribution in [3.63, 3.8) is 0 Å². The molecule has 0 aliphatic carbocycles. The number of halogens is 1.